The lowest BCUT2D eigenvalue weighted by molar-refractivity contribution is -0.00938. The normalized spacial score (nSPS) is 19.2. The zero-order valence-electron chi connectivity index (χ0n) is 40.0. The van der Waals surface area contributed by atoms with E-state index in [9.17, 15) is 0 Å². The monoisotopic (exact) mass is 925 g/mol. The summed E-state index contributed by atoms with van der Waals surface area (Å²) in [5.41, 5.74) is 15.7. The van der Waals surface area contributed by atoms with Crippen molar-refractivity contribution in [3.63, 3.8) is 0 Å². The Kier molecular flexibility index (Phi) is 9.38. The summed E-state index contributed by atoms with van der Waals surface area (Å²) in [4.78, 5) is 17.4. The minimum absolute atomic E-state index is 0.0886. The van der Waals surface area contributed by atoms with Gasteiger partial charge in [0.05, 0.1) is 33.4 Å². The van der Waals surface area contributed by atoms with Gasteiger partial charge in [0.2, 0.25) is 0 Å². The Labute approximate surface area is 419 Å². The molecule has 72 heavy (non-hydrogen) atoms. The molecule has 16 rings (SSSR count). The quantitative estimate of drug-likeness (QED) is 0.153. The standard InChI is InChI=1S/C67H51N5/c1-4-17-46(18-5-1)49-31-33-61-56(38-49)57-39-50(47-19-6-2-7-20-47)32-34-62(57)71(61)60-30-15-12-25-54(60)64-68-65(70-66(69-64)67-40-43-35-44(41-67)37-45(36-43)42-67)55-27-16-26-51(48-21-8-3-9-22-48)63(55)72-58-28-13-10-23-52(58)53-24-11-14-29-59(53)72/h1-34,38-39,43-45H,35-37,40-42H2. The van der Waals surface area contributed by atoms with E-state index in [1.165, 1.54) is 63.1 Å². The maximum atomic E-state index is 5.81. The fourth-order valence-electron chi connectivity index (χ4n) is 14.0. The topological polar surface area (TPSA) is 48.5 Å². The van der Waals surface area contributed by atoms with E-state index in [2.05, 4.69) is 228 Å². The summed E-state index contributed by atoms with van der Waals surface area (Å²) in [6, 6.07) is 79.4. The third kappa shape index (κ3) is 6.56. The third-order valence-corrected chi connectivity index (χ3v) is 16.7. The Morgan fingerprint density at radius 2 is 0.778 bits per heavy atom. The lowest BCUT2D eigenvalue weighted by Gasteiger charge is -2.56. The molecule has 4 aliphatic rings. The van der Waals surface area contributed by atoms with E-state index in [0.29, 0.717) is 0 Å². The lowest BCUT2D eigenvalue weighted by Crippen LogP contribution is -2.49. The first-order chi connectivity index (χ1) is 35.6. The summed E-state index contributed by atoms with van der Waals surface area (Å²) in [5.74, 6) is 4.58. The van der Waals surface area contributed by atoms with Crippen LogP contribution < -0.4 is 0 Å². The molecule has 4 bridgehead atoms. The van der Waals surface area contributed by atoms with Crippen molar-refractivity contribution < 1.29 is 0 Å². The van der Waals surface area contributed by atoms with Crippen LogP contribution >= 0.6 is 0 Å². The summed E-state index contributed by atoms with van der Waals surface area (Å²) in [6.07, 6.45) is 7.47. The zero-order valence-corrected chi connectivity index (χ0v) is 40.0. The highest BCUT2D eigenvalue weighted by atomic mass is 15.1. The van der Waals surface area contributed by atoms with Crippen molar-refractivity contribution in [2.75, 3.05) is 0 Å². The van der Waals surface area contributed by atoms with E-state index in [4.69, 9.17) is 15.0 Å². The molecular weight excluding hydrogens is 875 g/mol. The van der Waals surface area contributed by atoms with Crippen molar-refractivity contribution in [3.8, 4) is 67.5 Å². The Balaban J connectivity index is 1.00. The molecule has 4 fully saturated rings. The SMILES string of the molecule is c1ccc(-c2ccc3c(c2)c2cc(-c4ccccc4)ccc2n3-c2ccccc2-c2nc(-c3cccc(-c4ccccc4)c3-n3c4ccccc4c4ccccc43)nc(C34CC5CC(CC(C5)C3)C4)n2)cc1. The van der Waals surface area contributed by atoms with Gasteiger partial charge in [-0.2, -0.15) is 0 Å². The molecule has 0 N–H and O–H groups in total. The van der Waals surface area contributed by atoms with Gasteiger partial charge in [0.1, 0.15) is 5.82 Å². The zero-order chi connectivity index (χ0) is 47.3. The van der Waals surface area contributed by atoms with Gasteiger partial charge in [-0.1, -0.05) is 164 Å². The number of benzene rings is 9. The van der Waals surface area contributed by atoms with Crippen LogP contribution in [0.25, 0.3) is 111 Å². The number of hydrogen-bond donors (Lipinski definition) is 0. The van der Waals surface area contributed by atoms with Crippen LogP contribution in [0.15, 0.2) is 218 Å². The smallest absolute Gasteiger partial charge is 0.165 e. The first-order valence-electron chi connectivity index (χ1n) is 25.9. The molecule has 344 valence electrons. The van der Waals surface area contributed by atoms with Gasteiger partial charge in [-0.3, -0.25) is 0 Å². The van der Waals surface area contributed by atoms with Gasteiger partial charge in [0.15, 0.2) is 11.6 Å². The summed E-state index contributed by atoms with van der Waals surface area (Å²) >= 11 is 0. The minimum Gasteiger partial charge on any atom is -0.309 e. The van der Waals surface area contributed by atoms with Crippen LogP contribution in [0.4, 0.5) is 0 Å². The maximum absolute atomic E-state index is 5.81. The van der Waals surface area contributed by atoms with Crippen molar-refractivity contribution in [1.29, 1.82) is 0 Å². The van der Waals surface area contributed by atoms with E-state index in [1.54, 1.807) is 0 Å². The van der Waals surface area contributed by atoms with Crippen LogP contribution in [0.5, 0.6) is 0 Å². The second-order valence-electron chi connectivity index (χ2n) is 21.0. The molecule has 3 aromatic heterocycles. The molecule has 9 aromatic carbocycles. The Bertz CT molecular complexity index is 3890. The number of aromatic nitrogens is 5. The lowest BCUT2D eigenvalue weighted by atomic mass is 9.49. The van der Waals surface area contributed by atoms with Crippen LogP contribution in [0.3, 0.4) is 0 Å². The molecule has 0 unspecified atom stereocenters. The second kappa shape index (κ2) is 16.3. The molecule has 5 nitrogen and oxygen atoms in total. The highest BCUT2D eigenvalue weighted by molar-refractivity contribution is 6.13. The van der Waals surface area contributed by atoms with Gasteiger partial charge in [-0.05, 0) is 139 Å². The number of fused-ring (bicyclic) bond motifs is 6. The van der Waals surface area contributed by atoms with Crippen LogP contribution in [-0.2, 0) is 5.41 Å². The van der Waals surface area contributed by atoms with E-state index in [-0.39, 0.29) is 5.41 Å². The molecule has 0 amide bonds. The van der Waals surface area contributed by atoms with Crippen molar-refractivity contribution >= 4 is 43.6 Å². The highest BCUT2D eigenvalue weighted by Crippen LogP contribution is 2.60. The molecule has 3 heterocycles. The number of nitrogens with zero attached hydrogens (tertiary/aromatic N) is 5. The second-order valence-corrected chi connectivity index (χ2v) is 21.0. The molecule has 0 aliphatic heterocycles. The Hall–Kier alpha value is -8.41. The van der Waals surface area contributed by atoms with Crippen molar-refractivity contribution in [1.82, 2.24) is 24.1 Å². The predicted octanol–water partition coefficient (Wildman–Crippen LogP) is 16.9. The van der Waals surface area contributed by atoms with E-state index in [0.717, 1.165) is 110 Å². The van der Waals surface area contributed by atoms with Gasteiger partial charge in [-0.15, -0.1) is 0 Å². The fourth-order valence-corrected chi connectivity index (χ4v) is 14.0. The molecule has 5 heteroatoms. The van der Waals surface area contributed by atoms with Crippen molar-refractivity contribution in [2.45, 2.75) is 43.9 Å². The van der Waals surface area contributed by atoms with Gasteiger partial charge in [-0.25, -0.2) is 15.0 Å². The van der Waals surface area contributed by atoms with Crippen molar-refractivity contribution in [3.05, 3.63) is 224 Å². The van der Waals surface area contributed by atoms with Gasteiger partial charge in [0, 0.05) is 43.7 Å². The average molecular weight is 926 g/mol. The molecule has 12 aromatic rings. The average Bonchev–Trinajstić information content (AvgIpc) is 3.95. The molecule has 0 spiro atoms. The molecular formula is C67H51N5. The predicted molar refractivity (Wildman–Crippen MR) is 296 cm³/mol. The first kappa shape index (κ1) is 41.4. The Morgan fingerprint density at radius 1 is 0.333 bits per heavy atom. The van der Waals surface area contributed by atoms with Gasteiger partial charge >= 0.3 is 0 Å². The number of hydrogen-bond acceptors (Lipinski definition) is 3. The summed E-state index contributed by atoms with van der Waals surface area (Å²) in [7, 11) is 0. The van der Waals surface area contributed by atoms with Crippen LogP contribution in [0, 0.1) is 17.8 Å². The summed E-state index contributed by atoms with van der Waals surface area (Å²) < 4.78 is 4.92. The molecule has 0 saturated heterocycles. The number of para-hydroxylation sites is 4. The summed E-state index contributed by atoms with van der Waals surface area (Å²) in [6.45, 7) is 0. The van der Waals surface area contributed by atoms with Crippen molar-refractivity contribution in [2.24, 2.45) is 17.8 Å². The minimum atomic E-state index is -0.0886. The van der Waals surface area contributed by atoms with Gasteiger partial charge < -0.3 is 9.13 Å². The van der Waals surface area contributed by atoms with Crippen LogP contribution in [-0.4, -0.2) is 24.1 Å². The molecule has 4 aliphatic carbocycles. The Morgan fingerprint density at radius 3 is 1.35 bits per heavy atom. The van der Waals surface area contributed by atoms with E-state index in [1.807, 2.05) is 0 Å². The molecule has 0 radical (unpaired) electrons. The van der Waals surface area contributed by atoms with Crippen LogP contribution in [0.2, 0.25) is 0 Å². The largest absolute Gasteiger partial charge is 0.309 e. The molecule has 0 atom stereocenters. The fraction of sp³-hybridized carbons (Fsp3) is 0.149. The first-order valence-corrected chi connectivity index (χ1v) is 25.9. The highest BCUT2D eigenvalue weighted by Gasteiger charge is 2.53. The third-order valence-electron chi connectivity index (χ3n) is 16.7. The van der Waals surface area contributed by atoms with Crippen LogP contribution in [0.1, 0.15) is 44.3 Å². The van der Waals surface area contributed by atoms with E-state index < -0.39 is 0 Å². The maximum Gasteiger partial charge on any atom is 0.165 e. The number of rotatable bonds is 8. The van der Waals surface area contributed by atoms with E-state index >= 15 is 0 Å². The summed E-state index contributed by atoms with van der Waals surface area (Å²) in [5, 5.41) is 4.86. The van der Waals surface area contributed by atoms with Gasteiger partial charge in [0.25, 0.3) is 0 Å². The molecule has 4 saturated carbocycles.